The van der Waals surface area contributed by atoms with Crippen LogP contribution in [0.4, 0.5) is 5.69 Å². The van der Waals surface area contributed by atoms with Crippen LogP contribution in [-0.2, 0) is 20.4 Å². The van der Waals surface area contributed by atoms with Gasteiger partial charge in [0.25, 0.3) is 5.69 Å². The van der Waals surface area contributed by atoms with Crippen molar-refractivity contribution in [2.75, 3.05) is 0 Å². The van der Waals surface area contributed by atoms with Gasteiger partial charge in [0.05, 0.1) is 4.92 Å². The monoisotopic (exact) mass is 456 g/mol. The Kier molecular flexibility index (Phi) is 5.91. The van der Waals surface area contributed by atoms with Gasteiger partial charge in [0, 0.05) is 22.8 Å². The standard InChI is InChI=1S/C24H25ClN2O5/c1-23(2,3)15-9-13(10-16(20(15)28)24(4,5)6)11-18-22(29)32-21(26-18)14-7-8-17(25)19(12-14)27(30)31/h7-12,28H,1-6H3/b18-11+. The number of hydrogen-bond acceptors (Lipinski definition) is 6. The summed E-state index contributed by atoms with van der Waals surface area (Å²) in [4.78, 5) is 27.3. The Morgan fingerprint density at radius 2 is 1.62 bits per heavy atom. The molecule has 0 saturated heterocycles. The zero-order valence-corrected chi connectivity index (χ0v) is 19.6. The lowest BCUT2D eigenvalue weighted by atomic mass is 9.78. The number of nitrogens with zero attached hydrogens (tertiary/aromatic N) is 2. The average Bonchev–Trinajstić information content (AvgIpc) is 3.01. The molecule has 0 fully saturated rings. The van der Waals surface area contributed by atoms with E-state index in [1.807, 2.05) is 53.7 Å². The normalized spacial score (nSPS) is 15.7. The highest BCUT2D eigenvalue weighted by Gasteiger charge is 2.29. The molecule has 168 valence electrons. The third kappa shape index (κ3) is 4.67. The van der Waals surface area contributed by atoms with Crippen LogP contribution in [-0.4, -0.2) is 21.9 Å². The van der Waals surface area contributed by atoms with E-state index in [1.54, 1.807) is 6.08 Å². The fourth-order valence-electron chi connectivity index (χ4n) is 3.36. The molecule has 0 unspecified atom stereocenters. The SMILES string of the molecule is CC(C)(C)c1cc(/C=C2/N=C(c3ccc(Cl)c([N+](=O)[O-])c3)OC2=O)cc(C(C)(C)C)c1O. The number of nitro benzene ring substituents is 1. The predicted molar refractivity (Wildman–Crippen MR) is 124 cm³/mol. The minimum Gasteiger partial charge on any atom is -0.507 e. The lowest BCUT2D eigenvalue weighted by molar-refractivity contribution is -0.384. The van der Waals surface area contributed by atoms with Gasteiger partial charge in [-0.2, -0.15) is 0 Å². The van der Waals surface area contributed by atoms with E-state index in [1.165, 1.54) is 18.2 Å². The Morgan fingerprint density at radius 3 is 2.12 bits per heavy atom. The first-order chi connectivity index (χ1) is 14.7. The summed E-state index contributed by atoms with van der Waals surface area (Å²) < 4.78 is 5.25. The Balaban J connectivity index is 2.11. The van der Waals surface area contributed by atoms with Crippen LogP contribution in [0.25, 0.3) is 6.08 Å². The van der Waals surface area contributed by atoms with E-state index in [0.717, 1.165) is 11.1 Å². The van der Waals surface area contributed by atoms with E-state index in [-0.39, 0.29) is 44.4 Å². The maximum absolute atomic E-state index is 12.5. The van der Waals surface area contributed by atoms with Gasteiger partial charge in [0.2, 0.25) is 5.90 Å². The molecule has 0 amide bonds. The number of carbonyl (C=O) groups is 1. The molecule has 0 radical (unpaired) electrons. The van der Waals surface area contributed by atoms with Crippen LogP contribution in [0.15, 0.2) is 41.0 Å². The van der Waals surface area contributed by atoms with Gasteiger partial charge < -0.3 is 9.84 Å². The van der Waals surface area contributed by atoms with E-state index < -0.39 is 10.9 Å². The van der Waals surface area contributed by atoms with Crippen molar-refractivity contribution in [2.24, 2.45) is 4.99 Å². The van der Waals surface area contributed by atoms with Crippen molar-refractivity contribution >= 4 is 35.2 Å². The molecule has 1 N–H and O–H groups in total. The van der Waals surface area contributed by atoms with E-state index in [4.69, 9.17) is 16.3 Å². The molecule has 0 spiro atoms. The average molecular weight is 457 g/mol. The van der Waals surface area contributed by atoms with E-state index in [9.17, 15) is 20.0 Å². The molecular formula is C24H25ClN2O5. The number of ether oxygens (including phenoxy) is 1. The van der Waals surface area contributed by atoms with Crippen molar-refractivity contribution in [3.63, 3.8) is 0 Å². The number of esters is 1. The molecule has 1 aliphatic rings. The highest BCUT2D eigenvalue weighted by atomic mass is 35.5. The summed E-state index contributed by atoms with van der Waals surface area (Å²) in [6.07, 6.45) is 1.59. The number of phenols is 1. The summed E-state index contributed by atoms with van der Waals surface area (Å²) in [7, 11) is 0. The molecule has 8 heteroatoms. The highest BCUT2D eigenvalue weighted by molar-refractivity contribution is 6.32. The van der Waals surface area contributed by atoms with Crippen LogP contribution < -0.4 is 0 Å². The van der Waals surface area contributed by atoms with Crippen LogP contribution in [0.3, 0.4) is 0 Å². The predicted octanol–water partition coefficient (Wildman–Crippen LogP) is 5.89. The smallest absolute Gasteiger partial charge is 0.363 e. The number of cyclic esters (lactones) is 1. The van der Waals surface area contributed by atoms with Crippen LogP contribution in [0.2, 0.25) is 5.02 Å². The maximum Gasteiger partial charge on any atom is 0.363 e. The second kappa shape index (κ2) is 8.06. The van der Waals surface area contributed by atoms with Crippen molar-refractivity contribution < 1.29 is 19.6 Å². The van der Waals surface area contributed by atoms with Crippen molar-refractivity contribution in [3.8, 4) is 5.75 Å². The number of hydrogen-bond donors (Lipinski definition) is 1. The fraction of sp³-hybridized carbons (Fsp3) is 0.333. The first-order valence-corrected chi connectivity index (χ1v) is 10.4. The summed E-state index contributed by atoms with van der Waals surface area (Å²) in [6.45, 7) is 12.0. The second-order valence-corrected chi connectivity index (χ2v) is 10.1. The molecular weight excluding hydrogens is 432 g/mol. The maximum atomic E-state index is 12.5. The number of halogens is 1. The van der Waals surface area contributed by atoms with E-state index >= 15 is 0 Å². The third-order valence-electron chi connectivity index (χ3n) is 5.06. The summed E-state index contributed by atoms with van der Waals surface area (Å²) in [5.41, 5.74) is 1.57. The molecule has 0 bridgehead atoms. The Labute approximate surface area is 191 Å². The molecule has 2 aromatic carbocycles. The van der Waals surface area contributed by atoms with Crippen molar-refractivity contribution in [3.05, 3.63) is 73.4 Å². The zero-order valence-electron chi connectivity index (χ0n) is 18.8. The van der Waals surface area contributed by atoms with Crippen LogP contribution in [0.1, 0.15) is 63.8 Å². The van der Waals surface area contributed by atoms with Crippen LogP contribution in [0, 0.1) is 10.1 Å². The summed E-state index contributed by atoms with van der Waals surface area (Å²) >= 11 is 5.86. The molecule has 0 atom stereocenters. The number of nitro groups is 1. The molecule has 0 aliphatic carbocycles. The summed E-state index contributed by atoms with van der Waals surface area (Å²) in [5.74, 6) is -0.467. The minimum atomic E-state index is -0.666. The van der Waals surface area contributed by atoms with Crippen molar-refractivity contribution in [1.82, 2.24) is 0 Å². The number of rotatable bonds is 3. The molecule has 2 aromatic rings. The Morgan fingerprint density at radius 1 is 1.06 bits per heavy atom. The molecule has 1 heterocycles. The lowest BCUT2D eigenvalue weighted by Gasteiger charge is -2.27. The highest BCUT2D eigenvalue weighted by Crippen LogP contribution is 2.40. The van der Waals surface area contributed by atoms with Crippen LogP contribution in [0.5, 0.6) is 5.75 Å². The first kappa shape index (κ1) is 23.5. The van der Waals surface area contributed by atoms with Crippen molar-refractivity contribution in [1.29, 1.82) is 0 Å². The van der Waals surface area contributed by atoms with Gasteiger partial charge in [-0.25, -0.2) is 9.79 Å². The number of aromatic hydroxyl groups is 1. The lowest BCUT2D eigenvalue weighted by Crippen LogP contribution is -2.17. The molecule has 7 nitrogen and oxygen atoms in total. The second-order valence-electron chi connectivity index (χ2n) is 9.72. The van der Waals surface area contributed by atoms with Gasteiger partial charge in [0.15, 0.2) is 5.70 Å². The Hall–Kier alpha value is -3.19. The van der Waals surface area contributed by atoms with Gasteiger partial charge in [-0.1, -0.05) is 53.1 Å². The number of benzene rings is 2. The zero-order chi connectivity index (χ0) is 24.0. The van der Waals surface area contributed by atoms with E-state index in [2.05, 4.69) is 4.99 Å². The van der Waals surface area contributed by atoms with Gasteiger partial charge in [-0.05, 0) is 46.7 Å². The first-order valence-electron chi connectivity index (χ1n) is 10.0. The van der Waals surface area contributed by atoms with Crippen molar-refractivity contribution in [2.45, 2.75) is 52.4 Å². The molecule has 3 rings (SSSR count). The number of aliphatic imine (C=N–C) groups is 1. The Bertz CT molecular complexity index is 1150. The summed E-state index contributed by atoms with van der Waals surface area (Å²) in [6, 6.07) is 7.73. The molecule has 32 heavy (non-hydrogen) atoms. The molecule has 1 aliphatic heterocycles. The van der Waals surface area contributed by atoms with Gasteiger partial charge >= 0.3 is 5.97 Å². The third-order valence-corrected chi connectivity index (χ3v) is 5.38. The van der Waals surface area contributed by atoms with E-state index in [0.29, 0.717) is 5.56 Å². The molecule has 0 saturated carbocycles. The van der Waals surface area contributed by atoms with Crippen LogP contribution >= 0.6 is 11.6 Å². The topological polar surface area (TPSA) is 102 Å². The minimum absolute atomic E-state index is 0.0204. The summed E-state index contributed by atoms with van der Waals surface area (Å²) in [5, 5.41) is 22.0. The van der Waals surface area contributed by atoms with Gasteiger partial charge in [0.1, 0.15) is 10.8 Å². The molecule has 0 aromatic heterocycles. The van der Waals surface area contributed by atoms with Gasteiger partial charge in [-0.3, -0.25) is 10.1 Å². The quantitative estimate of drug-likeness (QED) is 0.268. The fourth-order valence-corrected chi connectivity index (χ4v) is 3.55. The largest absolute Gasteiger partial charge is 0.507 e. The van der Waals surface area contributed by atoms with Gasteiger partial charge in [-0.15, -0.1) is 0 Å². The number of phenolic OH excluding ortho intramolecular Hbond substituents is 1. The number of carbonyl (C=O) groups excluding carboxylic acids is 1.